The van der Waals surface area contributed by atoms with Crippen LogP contribution < -0.4 is 26.8 Å². The van der Waals surface area contributed by atoms with Crippen LogP contribution in [0.5, 0.6) is 5.75 Å². The molecule has 0 saturated heterocycles. The van der Waals surface area contributed by atoms with Crippen molar-refractivity contribution in [1.29, 1.82) is 0 Å². The Morgan fingerprint density at radius 2 is 2.00 bits per heavy atom. The highest BCUT2D eigenvalue weighted by Gasteiger charge is 2.23. The SMILES string of the molecule is COc1cccc(CCn2ccc3c(Nc4nc(N[C@@H]5CCCC[C@@H]5N)ncc4C(N)=O)cccc32)c1. The Labute approximate surface area is 216 Å². The van der Waals surface area contributed by atoms with E-state index in [4.69, 9.17) is 16.2 Å². The van der Waals surface area contributed by atoms with E-state index in [1.54, 1.807) is 7.11 Å². The number of primary amides is 1. The predicted molar refractivity (Wildman–Crippen MR) is 146 cm³/mol. The van der Waals surface area contributed by atoms with Crippen LogP contribution in [0.15, 0.2) is 60.9 Å². The van der Waals surface area contributed by atoms with Crippen LogP contribution in [0.4, 0.5) is 17.5 Å². The number of hydrogen-bond donors (Lipinski definition) is 4. The van der Waals surface area contributed by atoms with Crippen molar-refractivity contribution in [2.45, 2.75) is 50.7 Å². The number of rotatable bonds is 9. The van der Waals surface area contributed by atoms with Gasteiger partial charge in [0.15, 0.2) is 0 Å². The number of aryl methyl sites for hydroxylation is 2. The van der Waals surface area contributed by atoms with Crippen molar-refractivity contribution in [2.75, 3.05) is 17.7 Å². The molecule has 1 aliphatic rings. The minimum absolute atomic E-state index is 0.0510. The lowest BCUT2D eigenvalue weighted by molar-refractivity contribution is 0.100. The summed E-state index contributed by atoms with van der Waals surface area (Å²) in [4.78, 5) is 21.1. The Morgan fingerprint density at radius 1 is 1.16 bits per heavy atom. The summed E-state index contributed by atoms with van der Waals surface area (Å²) in [6, 6.07) is 16.4. The third kappa shape index (κ3) is 5.51. The van der Waals surface area contributed by atoms with Gasteiger partial charge in [-0.25, -0.2) is 4.98 Å². The number of nitrogens with one attached hydrogen (secondary N) is 2. The molecule has 0 aliphatic heterocycles. The van der Waals surface area contributed by atoms with Gasteiger partial charge in [-0.2, -0.15) is 4.98 Å². The zero-order valence-electron chi connectivity index (χ0n) is 21.0. The number of hydrogen-bond acceptors (Lipinski definition) is 7. The number of ether oxygens (including phenoxy) is 1. The fraction of sp³-hybridized carbons (Fsp3) is 0.321. The summed E-state index contributed by atoms with van der Waals surface area (Å²) in [5, 5.41) is 7.71. The molecule has 0 unspecified atom stereocenters. The minimum Gasteiger partial charge on any atom is -0.497 e. The molecule has 2 aromatic heterocycles. The molecule has 5 rings (SSSR count). The summed E-state index contributed by atoms with van der Waals surface area (Å²) >= 11 is 0. The third-order valence-electron chi connectivity index (χ3n) is 7.03. The van der Waals surface area contributed by atoms with Crippen LogP contribution in [-0.2, 0) is 13.0 Å². The first-order valence-electron chi connectivity index (χ1n) is 12.7. The van der Waals surface area contributed by atoms with Crippen LogP contribution in [0.2, 0.25) is 0 Å². The molecule has 9 nitrogen and oxygen atoms in total. The first-order chi connectivity index (χ1) is 18.0. The van der Waals surface area contributed by atoms with Gasteiger partial charge in [0.05, 0.1) is 12.6 Å². The first kappa shape index (κ1) is 24.6. The zero-order valence-corrected chi connectivity index (χ0v) is 21.0. The third-order valence-corrected chi connectivity index (χ3v) is 7.03. The van der Waals surface area contributed by atoms with Crippen molar-refractivity contribution < 1.29 is 9.53 Å². The van der Waals surface area contributed by atoms with Crippen LogP contribution in [0, 0.1) is 0 Å². The Kier molecular flexibility index (Phi) is 7.23. The molecular formula is C28H33N7O2. The van der Waals surface area contributed by atoms with Crippen molar-refractivity contribution in [3.8, 4) is 5.75 Å². The second kappa shape index (κ2) is 10.9. The van der Waals surface area contributed by atoms with Gasteiger partial charge in [-0.05, 0) is 55.2 Å². The lowest BCUT2D eigenvalue weighted by atomic mass is 9.91. The number of methoxy groups -OCH3 is 1. The highest BCUT2D eigenvalue weighted by Crippen LogP contribution is 2.29. The molecule has 2 aromatic carbocycles. The highest BCUT2D eigenvalue weighted by atomic mass is 16.5. The van der Waals surface area contributed by atoms with Gasteiger partial charge in [-0.3, -0.25) is 4.79 Å². The summed E-state index contributed by atoms with van der Waals surface area (Å²) in [7, 11) is 1.68. The average Bonchev–Trinajstić information content (AvgIpc) is 3.33. The Bertz CT molecular complexity index is 1400. The Hall–Kier alpha value is -4.11. The van der Waals surface area contributed by atoms with E-state index in [0.717, 1.165) is 61.0 Å². The van der Waals surface area contributed by atoms with Gasteiger partial charge in [0.2, 0.25) is 5.95 Å². The topological polar surface area (TPSA) is 133 Å². The van der Waals surface area contributed by atoms with E-state index in [1.807, 2.05) is 24.3 Å². The molecule has 1 saturated carbocycles. The second-order valence-corrected chi connectivity index (χ2v) is 9.49. The normalized spacial score (nSPS) is 17.5. The largest absolute Gasteiger partial charge is 0.497 e. The number of amides is 1. The number of fused-ring (bicyclic) bond motifs is 1. The quantitative estimate of drug-likeness (QED) is 0.271. The molecule has 37 heavy (non-hydrogen) atoms. The standard InChI is InChI=1S/C28H33N7O2/c1-37-19-7-4-6-18(16-19)12-14-35-15-13-20-23(10-5-11-25(20)35)32-27-21(26(30)36)17-31-28(34-27)33-24-9-3-2-8-22(24)29/h4-7,10-11,13,15-17,22,24H,2-3,8-9,12,14,29H2,1H3,(H2,30,36)(H2,31,32,33,34)/t22-,24+/m0/s1. The van der Waals surface area contributed by atoms with Crippen LogP contribution >= 0.6 is 0 Å². The predicted octanol–water partition coefficient (Wildman–Crippen LogP) is 4.21. The summed E-state index contributed by atoms with van der Waals surface area (Å²) in [6.07, 6.45) is 8.60. The maximum Gasteiger partial charge on any atom is 0.254 e. The van der Waals surface area contributed by atoms with Crippen LogP contribution in [-0.4, -0.2) is 39.6 Å². The van der Waals surface area contributed by atoms with Gasteiger partial charge < -0.3 is 31.4 Å². The zero-order chi connectivity index (χ0) is 25.8. The van der Waals surface area contributed by atoms with Crippen LogP contribution in [0.1, 0.15) is 41.6 Å². The van der Waals surface area contributed by atoms with Gasteiger partial charge in [0, 0.05) is 42.1 Å². The lowest BCUT2D eigenvalue weighted by Gasteiger charge is -2.29. The van der Waals surface area contributed by atoms with Crippen molar-refractivity contribution in [3.05, 3.63) is 72.1 Å². The van der Waals surface area contributed by atoms with E-state index < -0.39 is 5.91 Å². The van der Waals surface area contributed by atoms with Crippen molar-refractivity contribution in [2.24, 2.45) is 11.5 Å². The maximum absolute atomic E-state index is 12.1. The molecule has 6 N–H and O–H groups in total. The molecule has 9 heteroatoms. The van der Waals surface area contributed by atoms with Gasteiger partial charge in [-0.1, -0.05) is 31.0 Å². The molecular weight excluding hydrogens is 466 g/mol. The van der Waals surface area contributed by atoms with Gasteiger partial charge in [-0.15, -0.1) is 0 Å². The molecule has 1 aliphatic carbocycles. The van der Waals surface area contributed by atoms with Gasteiger partial charge >= 0.3 is 0 Å². The summed E-state index contributed by atoms with van der Waals surface area (Å²) in [5.41, 5.74) is 15.3. The molecule has 0 bridgehead atoms. The number of nitrogens with two attached hydrogens (primary N) is 2. The van der Waals surface area contributed by atoms with E-state index in [0.29, 0.717) is 11.8 Å². The first-order valence-corrected chi connectivity index (χ1v) is 12.7. The fourth-order valence-electron chi connectivity index (χ4n) is 4.96. The van der Waals surface area contributed by atoms with E-state index in [-0.39, 0.29) is 17.6 Å². The molecule has 1 fully saturated rings. The molecule has 1 amide bonds. The number of carbonyl (C=O) groups is 1. The number of anilines is 3. The Balaban J connectivity index is 1.38. The molecule has 4 aromatic rings. The van der Waals surface area contributed by atoms with E-state index in [1.165, 1.54) is 11.8 Å². The van der Waals surface area contributed by atoms with Gasteiger partial charge in [0.25, 0.3) is 5.91 Å². The number of carbonyl (C=O) groups excluding carboxylic acids is 1. The Morgan fingerprint density at radius 3 is 2.81 bits per heavy atom. The van der Waals surface area contributed by atoms with Crippen LogP contribution in [0.3, 0.4) is 0 Å². The monoisotopic (exact) mass is 499 g/mol. The number of nitrogens with zero attached hydrogens (tertiary/aromatic N) is 3. The average molecular weight is 500 g/mol. The summed E-state index contributed by atoms with van der Waals surface area (Å²) in [5.74, 6) is 1.06. The molecule has 0 spiro atoms. The fourth-order valence-corrected chi connectivity index (χ4v) is 4.96. The van der Waals surface area contributed by atoms with Gasteiger partial charge in [0.1, 0.15) is 17.1 Å². The lowest BCUT2D eigenvalue weighted by Crippen LogP contribution is -2.43. The maximum atomic E-state index is 12.1. The molecule has 2 atom stereocenters. The van der Waals surface area contributed by atoms with Crippen molar-refractivity contribution in [1.82, 2.24) is 14.5 Å². The second-order valence-electron chi connectivity index (χ2n) is 9.49. The van der Waals surface area contributed by atoms with E-state index in [9.17, 15) is 4.79 Å². The van der Waals surface area contributed by atoms with Crippen molar-refractivity contribution >= 4 is 34.3 Å². The summed E-state index contributed by atoms with van der Waals surface area (Å²) < 4.78 is 7.56. The van der Waals surface area contributed by atoms with E-state index >= 15 is 0 Å². The number of benzene rings is 2. The van der Waals surface area contributed by atoms with Crippen LogP contribution in [0.25, 0.3) is 10.9 Å². The molecule has 0 radical (unpaired) electrons. The smallest absolute Gasteiger partial charge is 0.254 e. The number of aromatic nitrogens is 3. The highest BCUT2D eigenvalue weighted by molar-refractivity contribution is 6.00. The van der Waals surface area contributed by atoms with E-state index in [2.05, 4.69) is 55.6 Å². The molecule has 192 valence electrons. The summed E-state index contributed by atoms with van der Waals surface area (Å²) in [6.45, 7) is 0.815. The minimum atomic E-state index is -0.591. The molecule has 2 heterocycles. The van der Waals surface area contributed by atoms with Crippen molar-refractivity contribution in [3.63, 3.8) is 0 Å².